The van der Waals surface area contributed by atoms with Crippen LogP contribution >= 0.6 is 0 Å². The van der Waals surface area contributed by atoms with E-state index in [1.54, 1.807) is 0 Å². The fourth-order valence-electron chi connectivity index (χ4n) is 1.67. The number of nitro groups is 1. The number of nitro benzene ring substituents is 1. The van der Waals surface area contributed by atoms with E-state index < -0.39 is 11.1 Å². The molecule has 98 valence electrons. The van der Waals surface area contributed by atoms with E-state index >= 15 is 0 Å². The van der Waals surface area contributed by atoms with E-state index in [0.29, 0.717) is 12.0 Å². The van der Waals surface area contributed by atoms with E-state index in [1.807, 2.05) is 6.92 Å². The maximum Gasteiger partial charge on any atom is 0.511 e. The topological polar surface area (TPSA) is 89.7 Å². The van der Waals surface area contributed by atoms with Gasteiger partial charge in [0.05, 0.1) is 4.92 Å². The lowest BCUT2D eigenvalue weighted by Crippen LogP contribution is -2.04. The lowest BCUT2D eigenvalue weighted by molar-refractivity contribution is -0.385. The number of ether oxygens (including phenoxy) is 1. The van der Waals surface area contributed by atoms with Crippen LogP contribution in [0.1, 0.15) is 31.7 Å². The SMILES string of the molecule is CCCCCc1cc(OC(=O)O)ccc1[N+](=O)[O-]. The van der Waals surface area contributed by atoms with Gasteiger partial charge in [-0.05, 0) is 25.0 Å². The summed E-state index contributed by atoms with van der Waals surface area (Å²) in [6, 6.07) is 3.98. The van der Waals surface area contributed by atoms with Crippen LogP contribution in [0.2, 0.25) is 0 Å². The van der Waals surface area contributed by atoms with Crippen molar-refractivity contribution in [2.45, 2.75) is 32.6 Å². The molecular formula is C12H15NO5. The predicted molar refractivity (Wildman–Crippen MR) is 65.0 cm³/mol. The average Bonchev–Trinajstić information content (AvgIpc) is 2.28. The van der Waals surface area contributed by atoms with Gasteiger partial charge >= 0.3 is 6.16 Å². The number of carbonyl (C=O) groups is 1. The third-order valence-electron chi connectivity index (χ3n) is 2.50. The van der Waals surface area contributed by atoms with Crippen LogP contribution in [0.5, 0.6) is 5.75 Å². The molecule has 18 heavy (non-hydrogen) atoms. The number of carboxylic acid groups (broad SMARTS) is 1. The van der Waals surface area contributed by atoms with Crippen LogP contribution < -0.4 is 4.74 Å². The van der Waals surface area contributed by atoms with Crippen molar-refractivity contribution in [3.63, 3.8) is 0 Å². The molecule has 0 amide bonds. The molecule has 0 heterocycles. The second-order valence-electron chi connectivity index (χ2n) is 3.87. The molecule has 0 saturated heterocycles. The zero-order valence-electron chi connectivity index (χ0n) is 10.1. The molecule has 6 nitrogen and oxygen atoms in total. The third kappa shape index (κ3) is 4.04. The van der Waals surface area contributed by atoms with Crippen LogP contribution in [0.3, 0.4) is 0 Å². The number of rotatable bonds is 6. The molecule has 1 rings (SSSR count). The van der Waals surface area contributed by atoms with Crippen LogP contribution in [-0.4, -0.2) is 16.2 Å². The van der Waals surface area contributed by atoms with Gasteiger partial charge in [-0.15, -0.1) is 0 Å². The Balaban J connectivity index is 2.92. The molecule has 0 fully saturated rings. The summed E-state index contributed by atoms with van der Waals surface area (Å²) in [5.74, 6) is 0.111. The first-order valence-corrected chi connectivity index (χ1v) is 5.72. The second-order valence-corrected chi connectivity index (χ2v) is 3.87. The van der Waals surface area contributed by atoms with E-state index in [2.05, 4.69) is 4.74 Å². The summed E-state index contributed by atoms with van der Waals surface area (Å²) in [6.45, 7) is 2.04. The monoisotopic (exact) mass is 253 g/mol. The summed E-state index contributed by atoms with van der Waals surface area (Å²) in [5, 5.41) is 19.3. The summed E-state index contributed by atoms with van der Waals surface area (Å²) in [5.41, 5.74) is 0.510. The van der Waals surface area contributed by atoms with Gasteiger partial charge < -0.3 is 9.84 Å². The fourth-order valence-corrected chi connectivity index (χ4v) is 1.67. The zero-order valence-corrected chi connectivity index (χ0v) is 10.1. The van der Waals surface area contributed by atoms with Gasteiger partial charge in [0.25, 0.3) is 5.69 Å². The number of nitrogens with zero attached hydrogens (tertiary/aromatic N) is 1. The maximum atomic E-state index is 10.8. The summed E-state index contributed by atoms with van der Waals surface area (Å²) in [7, 11) is 0. The summed E-state index contributed by atoms with van der Waals surface area (Å²) >= 11 is 0. The highest BCUT2D eigenvalue weighted by molar-refractivity contribution is 5.62. The van der Waals surface area contributed by atoms with Gasteiger partial charge in [-0.1, -0.05) is 19.8 Å². The van der Waals surface area contributed by atoms with Gasteiger partial charge in [-0.25, -0.2) is 4.79 Å². The molecule has 6 heteroatoms. The lowest BCUT2D eigenvalue weighted by atomic mass is 10.1. The molecule has 0 spiro atoms. The van der Waals surface area contributed by atoms with Gasteiger partial charge in [0, 0.05) is 11.6 Å². The normalized spacial score (nSPS) is 10.1. The van der Waals surface area contributed by atoms with E-state index in [0.717, 1.165) is 19.3 Å². The van der Waals surface area contributed by atoms with E-state index in [4.69, 9.17) is 5.11 Å². The molecule has 0 unspecified atom stereocenters. The average molecular weight is 253 g/mol. The van der Waals surface area contributed by atoms with Crippen LogP contribution in [-0.2, 0) is 6.42 Å². The highest BCUT2D eigenvalue weighted by atomic mass is 16.7. The molecule has 0 atom stereocenters. The van der Waals surface area contributed by atoms with Gasteiger partial charge in [-0.3, -0.25) is 10.1 Å². The molecule has 0 saturated carbocycles. The smallest absolute Gasteiger partial charge is 0.449 e. The maximum absolute atomic E-state index is 10.8. The first-order chi connectivity index (χ1) is 8.54. The van der Waals surface area contributed by atoms with Crippen molar-refractivity contribution in [2.75, 3.05) is 0 Å². The minimum atomic E-state index is -1.43. The van der Waals surface area contributed by atoms with Crippen LogP contribution in [0.4, 0.5) is 10.5 Å². The number of hydrogen-bond acceptors (Lipinski definition) is 4. The Morgan fingerprint density at radius 1 is 1.44 bits per heavy atom. The quantitative estimate of drug-likeness (QED) is 0.276. The molecule has 0 radical (unpaired) electrons. The van der Waals surface area contributed by atoms with Gasteiger partial charge in [0.1, 0.15) is 5.75 Å². The number of hydrogen-bond donors (Lipinski definition) is 1. The van der Waals surface area contributed by atoms with Crippen molar-refractivity contribution >= 4 is 11.8 Å². The summed E-state index contributed by atoms with van der Waals surface area (Å²) < 4.78 is 4.49. The Morgan fingerprint density at radius 3 is 2.72 bits per heavy atom. The first kappa shape index (κ1) is 14.0. The lowest BCUT2D eigenvalue weighted by Gasteiger charge is -2.05. The van der Waals surface area contributed by atoms with Crippen molar-refractivity contribution in [3.05, 3.63) is 33.9 Å². The fraction of sp³-hybridized carbons (Fsp3) is 0.417. The highest BCUT2D eigenvalue weighted by Gasteiger charge is 2.15. The van der Waals surface area contributed by atoms with Crippen molar-refractivity contribution in [3.8, 4) is 5.75 Å². The minimum absolute atomic E-state index is 0.00356. The Kier molecular flexibility index (Phi) is 5.10. The molecule has 0 aliphatic heterocycles. The Bertz CT molecular complexity index is 444. The molecular weight excluding hydrogens is 238 g/mol. The Morgan fingerprint density at radius 2 is 2.17 bits per heavy atom. The Labute approximate surface area is 104 Å². The highest BCUT2D eigenvalue weighted by Crippen LogP contribution is 2.25. The third-order valence-corrected chi connectivity index (χ3v) is 2.50. The van der Waals surface area contributed by atoms with Gasteiger partial charge in [-0.2, -0.15) is 0 Å². The first-order valence-electron chi connectivity index (χ1n) is 5.72. The van der Waals surface area contributed by atoms with Crippen molar-refractivity contribution in [1.29, 1.82) is 0 Å². The Hall–Kier alpha value is -2.11. The molecule has 1 N–H and O–H groups in total. The summed E-state index contributed by atoms with van der Waals surface area (Å²) in [6.07, 6.45) is 1.93. The summed E-state index contributed by atoms with van der Waals surface area (Å²) in [4.78, 5) is 20.8. The predicted octanol–water partition coefficient (Wildman–Crippen LogP) is 3.38. The number of benzene rings is 1. The molecule has 0 aromatic heterocycles. The van der Waals surface area contributed by atoms with Crippen molar-refractivity contribution in [1.82, 2.24) is 0 Å². The van der Waals surface area contributed by atoms with Crippen LogP contribution in [0.25, 0.3) is 0 Å². The van der Waals surface area contributed by atoms with Crippen LogP contribution in [0, 0.1) is 10.1 Å². The molecule has 0 bridgehead atoms. The van der Waals surface area contributed by atoms with E-state index in [9.17, 15) is 14.9 Å². The van der Waals surface area contributed by atoms with Gasteiger partial charge in [0.2, 0.25) is 0 Å². The minimum Gasteiger partial charge on any atom is -0.449 e. The van der Waals surface area contributed by atoms with Crippen LogP contribution in [0.15, 0.2) is 18.2 Å². The van der Waals surface area contributed by atoms with E-state index in [-0.39, 0.29) is 11.4 Å². The number of unbranched alkanes of at least 4 members (excludes halogenated alkanes) is 2. The zero-order chi connectivity index (χ0) is 13.5. The molecule has 0 aliphatic rings. The molecule has 0 aliphatic carbocycles. The number of aryl methyl sites for hydroxylation is 1. The van der Waals surface area contributed by atoms with Gasteiger partial charge in [0.15, 0.2) is 0 Å². The molecule has 1 aromatic rings. The largest absolute Gasteiger partial charge is 0.511 e. The molecule has 1 aromatic carbocycles. The standard InChI is InChI=1S/C12H15NO5/c1-2-3-4-5-9-8-10(18-12(14)15)6-7-11(9)13(16)17/h6-8H,2-5H2,1H3,(H,14,15). The second kappa shape index (κ2) is 6.58. The van der Waals surface area contributed by atoms with E-state index in [1.165, 1.54) is 18.2 Å². The van der Waals surface area contributed by atoms with Crippen molar-refractivity contribution < 1.29 is 19.6 Å². The van der Waals surface area contributed by atoms with Crippen molar-refractivity contribution in [2.24, 2.45) is 0 Å².